The second kappa shape index (κ2) is 5.56. The SMILES string of the molecule is CC(C)NC(=O)Cn1cc(-c2ccccc2)oc1=O. The standard InChI is InChI=1S/C14H16N2O3/c1-10(2)15-13(17)9-16-8-12(19-14(16)18)11-6-4-3-5-7-11/h3-8,10H,9H2,1-2H3,(H,15,17). The number of nitrogens with zero attached hydrogens (tertiary/aromatic N) is 1. The summed E-state index contributed by atoms with van der Waals surface area (Å²) in [5.41, 5.74) is 0.808. The number of nitrogens with one attached hydrogen (secondary N) is 1. The first-order chi connectivity index (χ1) is 9.06. The van der Waals surface area contributed by atoms with Crippen LogP contribution in [-0.2, 0) is 11.3 Å². The fraction of sp³-hybridized carbons (Fsp3) is 0.286. The minimum Gasteiger partial charge on any atom is -0.408 e. The van der Waals surface area contributed by atoms with Crippen LogP contribution in [0.3, 0.4) is 0 Å². The van der Waals surface area contributed by atoms with Crippen molar-refractivity contribution in [3.63, 3.8) is 0 Å². The van der Waals surface area contributed by atoms with Crippen molar-refractivity contribution in [2.75, 3.05) is 0 Å². The summed E-state index contributed by atoms with van der Waals surface area (Å²) in [5.74, 6) is -0.279. The fourth-order valence-electron chi connectivity index (χ4n) is 1.74. The van der Waals surface area contributed by atoms with Gasteiger partial charge in [-0.2, -0.15) is 0 Å². The molecule has 0 aliphatic carbocycles. The average Bonchev–Trinajstić information content (AvgIpc) is 2.71. The maximum absolute atomic E-state index is 11.7. The normalized spacial score (nSPS) is 10.7. The maximum Gasteiger partial charge on any atom is 0.419 e. The second-order valence-corrected chi connectivity index (χ2v) is 4.58. The highest BCUT2D eigenvalue weighted by molar-refractivity contribution is 5.76. The lowest BCUT2D eigenvalue weighted by atomic mass is 10.2. The third-order valence-electron chi connectivity index (χ3n) is 2.53. The summed E-state index contributed by atoms with van der Waals surface area (Å²) in [4.78, 5) is 23.3. The number of carbonyl (C=O) groups excluding carboxylic acids is 1. The molecular weight excluding hydrogens is 244 g/mol. The van der Waals surface area contributed by atoms with Gasteiger partial charge in [0.15, 0.2) is 5.76 Å². The van der Waals surface area contributed by atoms with Crippen molar-refractivity contribution in [1.29, 1.82) is 0 Å². The molecule has 0 aliphatic rings. The lowest BCUT2D eigenvalue weighted by Gasteiger charge is -2.07. The van der Waals surface area contributed by atoms with Gasteiger partial charge in [0.25, 0.3) is 0 Å². The monoisotopic (exact) mass is 260 g/mol. The molecule has 0 saturated carbocycles. The van der Waals surface area contributed by atoms with Crippen LogP contribution in [0.15, 0.2) is 45.7 Å². The van der Waals surface area contributed by atoms with E-state index in [9.17, 15) is 9.59 Å². The molecule has 5 heteroatoms. The van der Waals surface area contributed by atoms with Crippen molar-refractivity contribution >= 4 is 5.91 Å². The van der Waals surface area contributed by atoms with Crippen LogP contribution in [0.4, 0.5) is 0 Å². The summed E-state index contributed by atoms with van der Waals surface area (Å²) in [6.45, 7) is 3.70. The highest BCUT2D eigenvalue weighted by Gasteiger charge is 2.11. The van der Waals surface area contributed by atoms with Crippen molar-refractivity contribution in [3.05, 3.63) is 47.1 Å². The molecule has 1 aromatic heterocycles. The number of carbonyl (C=O) groups is 1. The Morgan fingerprint density at radius 2 is 2.00 bits per heavy atom. The number of hydrogen-bond donors (Lipinski definition) is 1. The Bertz CT molecular complexity index is 611. The predicted molar refractivity (Wildman–Crippen MR) is 71.7 cm³/mol. The van der Waals surface area contributed by atoms with E-state index in [1.807, 2.05) is 44.2 Å². The molecule has 0 radical (unpaired) electrons. The Morgan fingerprint density at radius 1 is 1.32 bits per heavy atom. The van der Waals surface area contributed by atoms with Gasteiger partial charge in [0, 0.05) is 11.6 Å². The van der Waals surface area contributed by atoms with Crippen LogP contribution >= 0.6 is 0 Å². The lowest BCUT2D eigenvalue weighted by molar-refractivity contribution is -0.122. The molecule has 1 heterocycles. The molecule has 0 unspecified atom stereocenters. The number of amides is 1. The number of oxazole rings is 1. The third-order valence-corrected chi connectivity index (χ3v) is 2.53. The van der Waals surface area contributed by atoms with Crippen LogP contribution in [0.25, 0.3) is 11.3 Å². The molecule has 1 amide bonds. The Balaban J connectivity index is 2.18. The molecule has 100 valence electrons. The van der Waals surface area contributed by atoms with Gasteiger partial charge in [-0.25, -0.2) is 4.79 Å². The van der Waals surface area contributed by atoms with Crippen molar-refractivity contribution in [2.45, 2.75) is 26.4 Å². The van der Waals surface area contributed by atoms with Crippen LogP contribution in [0.5, 0.6) is 0 Å². The van der Waals surface area contributed by atoms with E-state index in [1.54, 1.807) is 6.20 Å². The van der Waals surface area contributed by atoms with Gasteiger partial charge in [-0.15, -0.1) is 0 Å². The second-order valence-electron chi connectivity index (χ2n) is 4.58. The average molecular weight is 260 g/mol. The Morgan fingerprint density at radius 3 is 2.63 bits per heavy atom. The van der Waals surface area contributed by atoms with E-state index in [0.29, 0.717) is 5.76 Å². The summed E-state index contributed by atoms with van der Waals surface area (Å²) < 4.78 is 6.40. The molecule has 2 rings (SSSR count). The summed E-state index contributed by atoms with van der Waals surface area (Å²) in [6.07, 6.45) is 1.55. The topological polar surface area (TPSA) is 64.2 Å². The minimum absolute atomic E-state index is 0.0344. The van der Waals surface area contributed by atoms with Gasteiger partial charge in [0.05, 0.1) is 6.20 Å². The first-order valence-electron chi connectivity index (χ1n) is 6.11. The molecule has 0 bridgehead atoms. The molecular formula is C14H16N2O3. The Kier molecular flexibility index (Phi) is 3.85. The van der Waals surface area contributed by atoms with Gasteiger partial charge >= 0.3 is 5.76 Å². The van der Waals surface area contributed by atoms with E-state index < -0.39 is 5.76 Å². The number of rotatable bonds is 4. The highest BCUT2D eigenvalue weighted by Crippen LogP contribution is 2.16. The van der Waals surface area contributed by atoms with Crippen molar-refractivity contribution in [3.8, 4) is 11.3 Å². The maximum atomic E-state index is 11.7. The molecule has 0 aliphatic heterocycles. The molecule has 0 saturated heterocycles. The molecule has 2 aromatic rings. The zero-order chi connectivity index (χ0) is 13.8. The molecule has 0 fully saturated rings. The summed E-state index contributed by atoms with van der Waals surface area (Å²) >= 11 is 0. The van der Waals surface area contributed by atoms with E-state index in [4.69, 9.17) is 4.42 Å². The van der Waals surface area contributed by atoms with Crippen molar-refractivity contribution < 1.29 is 9.21 Å². The van der Waals surface area contributed by atoms with Gasteiger partial charge in [-0.3, -0.25) is 9.36 Å². The predicted octanol–water partition coefficient (Wildman–Crippen LogP) is 1.63. The molecule has 5 nitrogen and oxygen atoms in total. The minimum atomic E-state index is -0.530. The summed E-state index contributed by atoms with van der Waals surface area (Å²) in [7, 11) is 0. The van der Waals surface area contributed by atoms with Crippen LogP contribution in [-0.4, -0.2) is 16.5 Å². The third kappa shape index (κ3) is 3.34. The summed E-state index contributed by atoms with van der Waals surface area (Å²) in [5, 5.41) is 2.73. The van der Waals surface area contributed by atoms with Gasteiger partial charge in [0.1, 0.15) is 6.54 Å². The van der Waals surface area contributed by atoms with E-state index in [-0.39, 0.29) is 18.5 Å². The number of aromatic nitrogens is 1. The van der Waals surface area contributed by atoms with Gasteiger partial charge < -0.3 is 9.73 Å². The van der Waals surface area contributed by atoms with E-state index >= 15 is 0 Å². The highest BCUT2D eigenvalue weighted by atomic mass is 16.4. The first-order valence-corrected chi connectivity index (χ1v) is 6.11. The first kappa shape index (κ1) is 13.1. The Labute approximate surface area is 110 Å². The zero-order valence-corrected chi connectivity index (χ0v) is 10.9. The molecule has 0 atom stereocenters. The lowest BCUT2D eigenvalue weighted by Crippen LogP contribution is -2.34. The van der Waals surface area contributed by atoms with Crippen LogP contribution in [0.2, 0.25) is 0 Å². The van der Waals surface area contributed by atoms with Gasteiger partial charge in [-0.1, -0.05) is 30.3 Å². The van der Waals surface area contributed by atoms with E-state index in [2.05, 4.69) is 5.32 Å². The largest absolute Gasteiger partial charge is 0.419 e. The quantitative estimate of drug-likeness (QED) is 0.908. The van der Waals surface area contributed by atoms with Gasteiger partial charge in [-0.05, 0) is 13.8 Å². The molecule has 1 N–H and O–H groups in total. The van der Waals surface area contributed by atoms with Crippen molar-refractivity contribution in [1.82, 2.24) is 9.88 Å². The number of benzene rings is 1. The zero-order valence-electron chi connectivity index (χ0n) is 10.9. The van der Waals surface area contributed by atoms with Crippen LogP contribution in [0, 0.1) is 0 Å². The van der Waals surface area contributed by atoms with E-state index in [0.717, 1.165) is 5.56 Å². The van der Waals surface area contributed by atoms with Crippen LogP contribution < -0.4 is 11.1 Å². The molecule has 1 aromatic carbocycles. The Hall–Kier alpha value is -2.30. The fourth-order valence-corrected chi connectivity index (χ4v) is 1.74. The van der Waals surface area contributed by atoms with Gasteiger partial charge in [0.2, 0.25) is 5.91 Å². The smallest absolute Gasteiger partial charge is 0.408 e. The summed E-state index contributed by atoms with van der Waals surface area (Å²) in [6, 6.07) is 9.34. The number of hydrogen-bond acceptors (Lipinski definition) is 3. The van der Waals surface area contributed by atoms with Crippen LogP contribution in [0.1, 0.15) is 13.8 Å². The molecule has 19 heavy (non-hydrogen) atoms. The van der Waals surface area contributed by atoms with E-state index in [1.165, 1.54) is 4.57 Å². The molecule has 0 spiro atoms. The van der Waals surface area contributed by atoms with Crippen molar-refractivity contribution in [2.24, 2.45) is 0 Å².